The van der Waals surface area contributed by atoms with Gasteiger partial charge in [-0.15, -0.1) is 10.2 Å². The molecule has 8 heteroatoms. The second-order valence-electron chi connectivity index (χ2n) is 6.07. The van der Waals surface area contributed by atoms with Crippen LogP contribution in [0.2, 0.25) is 0 Å². The molecule has 144 valence electrons. The second-order valence-corrected chi connectivity index (χ2v) is 6.88. The number of nitrogens with two attached hydrogens (primary N) is 1. The van der Waals surface area contributed by atoms with Crippen LogP contribution >= 0.6 is 11.3 Å². The standard InChI is InChI=1S/C20H20N4O3S/c21-17(12-11-15-7-3-1-4-8-15)18(25)24(19-23-22-14-28-19)20(26)27-13-16-9-5-2-6-10-16/h1-10,14,17H,11-13,21H2/t17-/m1/s1. The SMILES string of the molecule is N[C@H](CCc1ccccc1)C(=O)N(C(=O)OCc1ccccc1)c1nncs1. The molecule has 3 rings (SSSR count). The van der Waals surface area contributed by atoms with E-state index in [0.717, 1.165) is 27.4 Å². The van der Waals surface area contributed by atoms with Crippen LogP contribution in [-0.2, 0) is 22.6 Å². The van der Waals surface area contributed by atoms with Crippen molar-refractivity contribution in [1.29, 1.82) is 0 Å². The number of aryl methyl sites for hydroxylation is 1. The van der Waals surface area contributed by atoms with Crippen molar-refractivity contribution in [3.8, 4) is 0 Å². The summed E-state index contributed by atoms with van der Waals surface area (Å²) in [6.07, 6.45) is 0.196. The zero-order valence-electron chi connectivity index (χ0n) is 15.1. The van der Waals surface area contributed by atoms with Gasteiger partial charge in [-0.3, -0.25) is 4.79 Å². The predicted octanol–water partition coefficient (Wildman–Crippen LogP) is 3.17. The van der Waals surface area contributed by atoms with Gasteiger partial charge in [-0.2, -0.15) is 4.90 Å². The lowest BCUT2D eigenvalue weighted by molar-refractivity contribution is -0.119. The van der Waals surface area contributed by atoms with E-state index in [1.165, 1.54) is 5.51 Å². The Hall–Kier alpha value is -3.10. The Labute approximate surface area is 166 Å². The number of ether oxygens (including phenoxy) is 1. The predicted molar refractivity (Wildman–Crippen MR) is 107 cm³/mol. The summed E-state index contributed by atoms with van der Waals surface area (Å²) in [7, 11) is 0. The number of amides is 2. The molecule has 1 aromatic heterocycles. The van der Waals surface area contributed by atoms with Gasteiger partial charge in [0.15, 0.2) is 0 Å². The maximum absolute atomic E-state index is 12.9. The summed E-state index contributed by atoms with van der Waals surface area (Å²) < 4.78 is 5.30. The van der Waals surface area contributed by atoms with Crippen LogP contribution in [0, 0.1) is 0 Å². The lowest BCUT2D eigenvalue weighted by Crippen LogP contribution is -2.47. The van der Waals surface area contributed by atoms with Gasteiger partial charge in [0.2, 0.25) is 5.13 Å². The zero-order chi connectivity index (χ0) is 19.8. The number of rotatable bonds is 7. The monoisotopic (exact) mass is 396 g/mol. The summed E-state index contributed by atoms with van der Waals surface area (Å²) >= 11 is 1.07. The third-order valence-electron chi connectivity index (χ3n) is 4.05. The van der Waals surface area contributed by atoms with Gasteiger partial charge in [0.1, 0.15) is 12.1 Å². The van der Waals surface area contributed by atoms with Crippen LogP contribution in [0.15, 0.2) is 66.2 Å². The van der Waals surface area contributed by atoms with Gasteiger partial charge in [-0.25, -0.2) is 4.79 Å². The molecule has 7 nitrogen and oxygen atoms in total. The molecule has 0 spiro atoms. The van der Waals surface area contributed by atoms with Crippen molar-refractivity contribution >= 4 is 28.5 Å². The molecular formula is C20H20N4O3S. The number of hydrogen-bond acceptors (Lipinski definition) is 7. The average molecular weight is 396 g/mol. The van der Waals surface area contributed by atoms with E-state index in [-0.39, 0.29) is 11.7 Å². The van der Waals surface area contributed by atoms with Crippen LogP contribution in [0.1, 0.15) is 17.5 Å². The van der Waals surface area contributed by atoms with Crippen molar-refractivity contribution in [2.75, 3.05) is 4.90 Å². The highest BCUT2D eigenvalue weighted by Crippen LogP contribution is 2.19. The van der Waals surface area contributed by atoms with Crippen molar-refractivity contribution in [3.63, 3.8) is 0 Å². The molecule has 0 aliphatic carbocycles. The average Bonchev–Trinajstić information content (AvgIpc) is 3.26. The summed E-state index contributed by atoms with van der Waals surface area (Å²) in [5, 5.41) is 7.67. The molecule has 2 N–H and O–H groups in total. The van der Waals surface area contributed by atoms with Crippen LogP contribution in [-0.4, -0.2) is 28.2 Å². The highest BCUT2D eigenvalue weighted by atomic mass is 32.1. The topological polar surface area (TPSA) is 98.4 Å². The van der Waals surface area contributed by atoms with E-state index in [9.17, 15) is 9.59 Å². The Balaban J connectivity index is 1.66. The Morgan fingerprint density at radius 1 is 1.04 bits per heavy atom. The van der Waals surface area contributed by atoms with Gasteiger partial charge < -0.3 is 10.5 Å². The van der Waals surface area contributed by atoms with Gasteiger partial charge in [0, 0.05) is 0 Å². The number of carbonyl (C=O) groups excluding carboxylic acids is 2. The molecule has 3 aromatic rings. The largest absolute Gasteiger partial charge is 0.444 e. The van der Waals surface area contributed by atoms with Crippen LogP contribution in [0.3, 0.4) is 0 Å². The van der Waals surface area contributed by atoms with Crippen molar-refractivity contribution in [1.82, 2.24) is 10.2 Å². The van der Waals surface area contributed by atoms with E-state index in [0.29, 0.717) is 12.8 Å². The molecule has 28 heavy (non-hydrogen) atoms. The Kier molecular flexibility index (Phi) is 6.83. The molecule has 1 heterocycles. The van der Waals surface area contributed by atoms with Crippen LogP contribution in [0.5, 0.6) is 0 Å². The van der Waals surface area contributed by atoms with Crippen molar-refractivity contribution in [2.24, 2.45) is 5.73 Å². The van der Waals surface area contributed by atoms with E-state index >= 15 is 0 Å². The van der Waals surface area contributed by atoms with Crippen LogP contribution in [0.4, 0.5) is 9.93 Å². The lowest BCUT2D eigenvalue weighted by atomic mass is 10.1. The smallest absolute Gasteiger partial charge is 0.423 e. The molecule has 0 saturated carbocycles. The molecule has 0 saturated heterocycles. The number of carbonyl (C=O) groups is 2. The molecule has 2 aromatic carbocycles. The van der Waals surface area contributed by atoms with E-state index in [2.05, 4.69) is 10.2 Å². The lowest BCUT2D eigenvalue weighted by Gasteiger charge is -2.21. The quantitative estimate of drug-likeness (QED) is 0.659. The fourth-order valence-electron chi connectivity index (χ4n) is 2.57. The first kappa shape index (κ1) is 19.7. The summed E-state index contributed by atoms with van der Waals surface area (Å²) in [6.45, 7) is 0.0432. The summed E-state index contributed by atoms with van der Waals surface area (Å²) in [5.41, 5.74) is 9.40. The van der Waals surface area contributed by atoms with Gasteiger partial charge in [0.25, 0.3) is 5.91 Å². The summed E-state index contributed by atoms with van der Waals surface area (Å²) in [6, 6.07) is 18.1. The number of imide groups is 1. The number of hydrogen-bond donors (Lipinski definition) is 1. The van der Waals surface area contributed by atoms with Crippen LogP contribution < -0.4 is 10.6 Å². The van der Waals surface area contributed by atoms with Gasteiger partial charge in [0.05, 0.1) is 6.04 Å². The second kappa shape index (κ2) is 9.72. The minimum absolute atomic E-state index is 0.0432. The maximum atomic E-state index is 12.9. The summed E-state index contributed by atoms with van der Waals surface area (Å²) in [5.74, 6) is -0.564. The number of anilines is 1. The molecule has 0 aliphatic rings. The highest BCUT2D eigenvalue weighted by molar-refractivity contribution is 7.13. The van der Waals surface area contributed by atoms with Gasteiger partial charge >= 0.3 is 6.09 Å². The minimum Gasteiger partial charge on any atom is -0.444 e. The van der Waals surface area contributed by atoms with Crippen LogP contribution in [0.25, 0.3) is 0 Å². The molecule has 0 unspecified atom stereocenters. The normalized spacial score (nSPS) is 11.6. The van der Waals surface area contributed by atoms with Crippen molar-refractivity contribution < 1.29 is 14.3 Å². The van der Waals surface area contributed by atoms with E-state index in [1.54, 1.807) is 0 Å². The third kappa shape index (κ3) is 5.21. The molecule has 0 bridgehead atoms. The number of benzene rings is 2. The molecule has 0 aliphatic heterocycles. The zero-order valence-corrected chi connectivity index (χ0v) is 15.9. The first-order chi connectivity index (χ1) is 13.6. The Bertz CT molecular complexity index is 888. The van der Waals surface area contributed by atoms with E-state index < -0.39 is 18.0 Å². The third-order valence-corrected chi connectivity index (χ3v) is 4.73. The van der Waals surface area contributed by atoms with Gasteiger partial charge in [-0.05, 0) is 24.0 Å². The Morgan fingerprint density at radius 3 is 2.29 bits per heavy atom. The molecule has 0 radical (unpaired) electrons. The van der Waals surface area contributed by atoms with Crippen molar-refractivity contribution in [2.45, 2.75) is 25.5 Å². The molecule has 0 fully saturated rings. The highest BCUT2D eigenvalue weighted by Gasteiger charge is 2.31. The first-order valence-electron chi connectivity index (χ1n) is 8.75. The number of nitrogens with zero attached hydrogens (tertiary/aromatic N) is 3. The van der Waals surface area contributed by atoms with E-state index in [1.807, 2.05) is 60.7 Å². The fourth-order valence-corrected chi connectivity index (χ4v) is 3.12. The number of aromatic nitrogens is 2. The molecule has 1 atom stereocenters. The van der Waals surface area contributed by atoms with E-state index in [4.69, 9.17) is 10.5 Å². The summed E-state index contributed by atoms with van der Waals surface area (Å²) in [4.78, 5) is 26.3. The first-order valence-corrected chi connectivity index (χ1v) is 9.63. The molecule has 2 amide bonds. The fraction of sp³-hybridized carbons (Fsp3) is 0.200. The minimum atomic E-state index is -0.867. The van der Waals surface area contributed by atoms with Gasteiger partial charge in [-0.1, -0.05) is 72.0 Å². The van der Waals surface area contributed by atoms with Crippen molar-refractivity contribution in [3.05, 3.63) is 77.3 Å². The molecular weight excluding hydrogens is 376 g/mol. The Morgan fingerprint density at radius 2 is 1.68 bits per heavy atom. The maximum Gasteiger partial charge on any atom is 0.423 e.